The number of aromatic nitrogens is 1. The minimum absolute atomic E-state index is 0.136. The molecule has 10 heteroatoms. The molecule has 9 nitrogen and oxygen atoms in total. The maximum atomic E-state index is 13.2. The quantitative estimate of drug-likeness (QED) is 0.605. The molecule has 1 aliphatic rings. The number of methoxy groups -OCH3 is 1. The molecule has 1 aromatic carbocycles. The van der Waals surface area contributed by atoms with Crippen LogP contribution in [0, 0.1) is 5.92 Å². The van der Waals surface area contributed by atoms with Gasteiger partial charge in [-0.25, -0.2) is 9.78 Å². The molecule has 33 heavy (non-hydrogen) atoms. The van der Waals surface area contributed by atoms with E-state index in [0.717, 1.165) is 0 Å². The number of ether oxygens (including phenoxy) is 2. The number of urea groups is 1. The molecule has 0 saturated heterocycles. The highest BCUT2D eigenvalue weighted by molar-refractivity contribution is 9.10. The van der Waals surface area contributed by atoms with Crippen LogP contribution in [0.2, 0.25) is 0 Å². The zero-order valence-corrected chi connectivity index (χ0v) is 20.7. The third-order valence-corrected chi connectivity index (χ3v) is 6.07. The van der Waals surface area contributed by atoms with Gasteiger partial charge in [-0.3, -0.25) is 4.79 Å². The molecule has 1 aliphatic heterocycles. The van der Waals surface area contributed by atoms with E-state index < -0.39 is 6.10 Å². The number of carbonyl (C=O) groups is 2. The average molecular weight is 521 g/mol. The summed E-state index contributed by atoms with van der Waals surface area (Å²) in [5.74, 6) is 0.370. The highest BCUT2D eigenvalue weighted by Gasteiger charge is 2.34. The number of amides is 3. The van der Waals surface area contributed by atoms with E-state index in [9.17, 15) is 14.7 Å². The Labute approximate surface area is 201 Å². The lowest BCUT2D eigenvalue weighted by atomic mass is 10.0. The van der Waals surface area contributed by atoms with E-state index in [-0.39, 0.29) is 42.9 Å². The Morgan fingerprint density at radius 2 is 2.18 bits per heavy atom. The fraction of sp³-hybridized carbons (Fsp3) is 0.435. The molecule has 3 atom stereocenters. The molecule has 0 unspecified atom stereocenters. The number of aliphatic hydroxyl groups excluding tert-OH is 1. The molecule has 3 rings (SSSR count). The van der Waals surface area contributed by atoms with Gasteiger partial charge in [0.05, 0.1) is 32.0 Å². The van der Waals surface area contributed by atoms with Gasteiger partial charge in [0.15, 0.2) is 0 Å². The Kier molecular flexibility index (Phi) is 8.15. The van der Waals surface area contributed by atoms with Crippen LogP contribution in [0.4, 0.5) is 10.5 Å². The third-order valence-electron chi connectivity index (χ3n) is 5.64. The molecule has 0 bridgehead atoms. The number of para-hydroxylation sites is 2. The van der Waals surface area contributed by atoms with E-state index in [0.29, 0.717) is 28.0 Å². The largest absolute Gasteiger partial charge is 0.495 e. The number of hydrogen-bond donors (Lipinski definition) is 2. The van der Waals surface area contributed by atoms with Crippen LogP contribution in [-0.4, -0.2) is 77.8 Å². The van der Waals surface area contributed by atoms with Crippen molar-refractivity contribution >= 4 is 33.6 Å². The SMILES string of the molecule is COc1ccccc1NC(=O)N(C)C[C@H]1Oc2ncc(Br)cc2C(=O)N([C@@H](C)CO)C[C@@H]1C. The zero-order valence-electron chi connectivity index (χ0n) is 19.1. The highest BCUT2D eigenvalue weighted by Crippen LogP contribution is 2.29. The van der Waals surface area contributed by atoms with Crippen molar-refractivity contribution < 1.29 is 24.2 Å². The van der Waals surface area contributed by atoms with Crippen molar-refractivity contribution in [1.82, 2.24) is 14.8 Å². The molecule has 2 aromatic rings. The van der Waals surface area contributed by atoms with Gasteiger partial charge in [0.1, 0.15) is 17.4 Å². The molecular weight excluding hydrogens is 492 g/mol. The summed E-state index contributed by atoms with van der Waals surface area (Å²) in [5.41, 5.74) is 0.872. The number of nitrogens with zero attached hydrogens (tertiary/aromatic N) is 3. The summed E-state index contributed by atoms with van der Waals surface area (Å²) >= 11 is 3.36. The normalized spacial score (nSPS) is 19.0. The molecule has 0 aliphatic carbocycles. The number of carbonyl (C=O) groups excluding carboxylic acids is 2. The molecule has 2 heterocycles. The second-order valence-electron chi connectivity index (χ2n) is 8.14. The number of benzene rings is 1. The van der Waals surface area contributed by atoms with E-state index in [4.69, 9.17) is 9.47 Å². The number of likely N-dealkylation sites (N-methyl/N-ethyl adjacent to an activating group) is 1. The van der Waals surface area contributed by atoms with Crippen LogP contribution in [-0.2, 0) is 0 Å². The van der Waals surface area contributed by atoms with E-state index in [1.54, 1.807) is 50.4 Å². The Morgan fingerprint density at radius 3 is 2.88 bits per heavy atom. The number of hydrogen-bond acceptors (Lipinski definition) is 6. The fourth-order valence-corrected chi connectivity index (χ4v) is 3.94. The number of nitrogens with one attached hydrogen (secondary N) is 1. The number of aliphatic hydroxyl groups is 1. The van der Waals surface area contributed by atoms with Crippen molar-refractivity contribution in [3.05, 3.63) is 46.6 Å². The first-order chi connectivity index (χ1) is 15.7. The van der Waals surface area contributed by atoms with E-state index in [1.165, 1.54) is 4.90 Å². The second-order valence-corrected chi connectivity index (χ2v) is 9.06. The first kappa shape index (κ1) is 24.8. The molecule has 0 spiro atoms. The lowest BCUT2D eigenvalue weighted by molar-refractivity contribution is 0.0356. The number of anilines is 1. The lowest BCUT2D eigenvalue weighted by Gasteiger charge is -2.37. The third kappa shape index (κ3) is 5.75. The molecule has 0 radical (unpaired) electrons. The van der Waals surface area contributed by atoms with Gasteiger partial charge in [-0.1, -0.05) is 19.1 Å². The van der Waals surface area contributed by atoms with Gasteiger partial charge in [0, 0.05) is 30.2 Å². The van der Waals surface area contributed by atoms with Crippen LogP contribution >= 0.6 is 15.9 Å². The van der Waals surface area contributed by atoms with E-state index in [2.05, 4.69) is 26.2 Å². The fourth-order valence-electron chi connectivity index (χ4n) is 3.61. The van der Waals surface area contributed by atoms with Gasteiger partial charge in [-0.15, -0.1) is 0 Å². The summed E-state index contributed by atoms with van der Waals surface area (Å²) in [6.07, 6.45) is 1.13. The maximum Gasteiger partial charge on any atom is 0.321 e. The van der Waals surface area contributed by atoms with Crippen molar-refractivity contribution in [2.24, 2.45) is 5.92 Å². The van der Waals surface area contributed by atoms with E-state index in [1.807, 2.05) is 19.1 Å². The topological polar surface area (TPSA) is 104 Å². The molecule has 1 aromatic heterocycles. The van der Waals surface area contributed by atoms with Gasteiger partial charge < -0.3 is 29.7 Å². The highest BCUT2D eigenvalue weighted by atomic mass is 79.9. The van der Waals surface area contributed by atoms with Crippen LogP contribution in [0.3, 0.4) is 0 Å². The minimum atomic E-state index is -0.438. The monoisotopic (exact) mass is 520 g/mol. The molecule has 0 fully saturated rings. The Bertz CT molecular complexity index is 1000. The first-order valence-electron chi connectivity index (χ1n) is 10.6. The van der Waals surface area contributed by atoms with Crippen LogP contribution in [0.5, 0.6) is 11.6 Å². The summed E-state index contributed by atoms with van der Waals surface area (Å²) in [6, 6.07) is 8.13. The summed E-state index contributed by atoms with van der Waals surface area (Å²) in [6.45, 7) is 4.20. The van der Waals surface area contributed by atoms with Crippen molar-refractivity contribution in [2.75, 3.05) is 39.2 Å². The molecule has 2 N–H and O–H groups in total. The minimum Gasteiger partial charge on any atom is -0.495 e. The molecular formula is C23H29BrN4O5. The summed E-state index contributed by atoms with van der Waals surface area (Å²) in [7, 11) is 3.22. The van der Waals surface area contributed by atoms with Gasteiger partial charge in [-0.05, 0) is 41.1 Å². The molecule has 3 amide bonds. The van der Waals surface area contributed by atoms with Gasteiger partial charge >= 0.3 is 6.03 Å². The Balaban J connectivity index is 1.83. The zero-order chi connectivity index (χ0) is 24.1. The van der Waals surface area contributed by atoms with Gasteiger partial charge in [0.2, 0.25) is 5.88 Å². The number of halogens is 1. The molecule has 178 valence electrons. The predicted octanol–water partition coefficient (Wildman–Crippen LogP) is 3.24. The van der Waals surface area contributed by atoms with Crippen LogP contribution in [0.15, 0.2) is 41.0 Å². The smallest absolute Gasteiger partial charge is 0.321 e. The van der Waals surface area contributed by atoms with Crippen LogP contribution < -0.4 is 14.8 Å². The van der Waals surface area contributed by atoms with Crippen molar-refractivity contribution in [2.45, 2.75) is 26.0 Å². The Morgan fingerprint density at radius 1 is 1.45 bits per heavy atom. The van der Waals surface area contributed by atoms with Crippen molar-refractivity contribution in [3.63, 3.8) is 0 Å². The number of rotatable bonds is 6. The lowest BCUT2D eigenvalue weighted by Crippen LogP contribution is -2.50. The van der Waals surface area contributed by atoms with E-state index >= 15 is 0 Å². The average Bonchev–Trinajstić information content (AvgIpc) is 2.81. The first-order valence-corrected chi connectivity index (χ1v) is 11.4. The standard InChI is InChI=1S/C23H29BrN4O5/c1-14-11-28(15(2)13-29)22(30)17-9-16(24)10-25-21(17)33-20(14)12-27(3)23(31)26-18-7-5-6-8-19(18)32-4/h5-10,14-15,20,29H,11-13H2,1-4H3,(H,26,31)/t14-,15-,20+/m0/s1. The number of pyridine rings is 1. The summed E-state index contributed by atoms with van der Waals surface area (Å²) < 4.78 is 12.1. The number of fused-ring (bicyclic) bond motifs is 1. The van der Waals surface area contributed by atoms with Crippen molar-refractivity contribution in [1.29, 1.82) is 0 Å². The predicted molar refractivity (Wildman–Crippen MR) is 128 cm³/mol. The molecule has 0 saturated carbocycles. The van der Waals surface area contributed by atoms with Crippen LogP contribution in [0.25, 0.3) is 0 Å². The summed E-state index contributed by atoms with van der Waals surface area (Å²) in [4.78, 5) is 33.5. The van der Waals surface area contributed by atoms with Gasteiger partial charge in [0.25, 0.3) is 5.91 Å². The second kappa shape index (κ2) is 10.8. The van der Waals surface area contributed by atoms with Crippen LogP contribution in [0.1, 0.15) is 24.2 Å². The van der Waals surface area contributed by atoms with Gasteiger partial charge in [-0.2, -0.15) is 0 Å². The maximum absolute atomic E-state index is 13.2. The Hall–Kier alpha value is -2.85. The van der Waals surface area contributed by atoms with Crippen molar-refractivity contribution in [3.8, 4) is 11.6 Å². The summed E-state index contributed by atoms with van der Waals surface area (Å²) in [5, 5.41) is 12.6.